The number of aromatic nitrogens is 8. The first-order chi connectivity index (χ1) is 8.93. The van der Waals surface area contributed by atoms with Gasteiger partial charge in [-0.15, -0.1) is 0 Å². The average molecular weight is 250 g/mol. The molecule has 0 bridgehead atoms. The molecule has 0 atom stereocenters. The first-order valence-electron chi connectivity index (χ1n) is 5.93. The molecular formula is C8H14N10. The van der Waals surface area contributed by atoms with Crippen molar-refractivity contribution in [2.75, 3.05) is 23.7 Å². The van der Waals surface area contributed by atoms with Gasteiger partial charge in [0.1, 0.15) is 0 Å². The Morgan fingerprint density at radius 1 is 0.778 bits per heavy atom. The van der Waals surface area contributed by atoms with Crippen molar-refractivity contribution < 1.29 is 0 Å². The van der Waals surface area contributed by atoms with Crippen LogP contribution in [0.1, 0.15) is 12.8 Å². The number of anilines is 2. The predicted octanol–water partition coefficient (Wildman–Crippen LogP) is -1.02. The van der Waals surface area contributed by atoms with Crippen LogP contribution in [0.15, 0.2) is 0 Å². The van der Waals surface area contributed by atoms with Crippen molar-refractivity contribution in [2.24, 2.45) is 0 Å². The van der Waals surface area contributed by atoms with Gasteiger partial charge >= 0.3 is 0 Å². The van der Waals surface area contributed by atoms with Gasteiger partial charge in [-0.2, -0.15) is 0 Å². The van der Waals surface area contributed by atoms with E-state index < -0.39 is 0 Å². The predicted molar refractivity (Wildman–Crippen MR) is 61.8 cm³/mol. The Balaban J connectivity index is 0.000000111. The van der Waals surface area contributed by atoms with Crippen molar-refractivity contribution in [2.45, 2.75) is 25.9 Å². The highest BCUT2D eigenvalue weighted by molar-refractivity contribution is 5.23. The van der Waals surface area contributed by atoms with Gasteiger partial charge in [-0.3, -0.25) is 0 Å². The number of nitrogens with one attached hydrogen (secondary N) is 2. The Morgan fingerprint density at radius 3 is 1.72 bits per heavy atom. The molecular weight excluding hydrogens is 236 g/mol. The third-order valence-corrected chi connectivity index (χ3v) is 2.72. The van der Waals surface area contributed by atoms with Crippen LogP contribution in [0.3, 0.4) is 0 Å². The van der Waals surface area contributed by atoms with Gasteiger partial charge < -0.3 is 10.6 Å². The molecule has 96 valence electrons. The number of aryl methyl sites for hydroxylation is 2. The Morgan fingerprint density at radius 2 is 1.28 bits per heavy atom. The minimum Gasteiger partial charge on any atom is -0.353 e. The van der Waals surface area contributed by atoms with E-state index in [0.29, 0.717) is 0 Å². The molecule has 0 aliphatic carbocycles. The molecule has 4 heterocycles. The number of tetrazole rings is 2. The number of hydrogen-bond donors (Lipinski definition) is 2. The first-order valence-corrected chi connectivity index (χ1v) is 5.93. The van der Waals surface area contributed by atoms with E-state index >= 15 is 0 Å². The van der Waals surface area contributed by atoms with Crippen LogP contribution < -0.4 is 10.6 Å². The second-order valence-electron chi connectivity index (χ2n) is 4.01. The zero-order chi connectivity index (χ0) is 12.2. The third kappa shape index (κ3) is 2.21. The van der Waals surface area contributed by atoms with Crippen LogP contribution in [-0.2, 0) is 13.1 Å². The van der Waals surface area contributed by atoms with Crippen molar-refractivity contribution in [3.63, 3.8) is 0 Å². The van der Waals surface area contributed by atoms with Gasteiger partial charge in [0.25, 0.3) is 0 Å². The van der Waals surface area contributed by atoms with Crippen LogP contribution in [0.4, 0.5) is 11.9 Å². The maximum atomic E-state index is 3.75. The third-order valence-electron chi connectivity index (χ3n) is 2.72. The van der Waals surface area contributed by atoms with Crippen molar-refractivity contribution in [3.05, 3.63) is 0 Å². The molecule has 2 aromatic heterocycles. The van der Waals surface area contributed by atoms with E-state index in [-0.39, 0.29) is 0 Å². The van der Waals surface area contributed by atoms with Crippen LogP contribution in [-0.4, -0.2) is 53.5 Å². The van der Waals surface area contributed by atoms with Crippen LogP contribution in [0.25, 0.3) is 0 Å². The van der Waals surface area contributed by atoms with Crippen LogP contribution >= 0.6 is 0 Å². The van der Waals surface area contributed by atoms with Gasteiger partial charge in [-0.25, -0.2) is 9.36 Å². The highest BCUT2D eigenvalue weighted by Gasteiger charge is 2.09. The fraction of sp³-hybridized carbons (Fsp3) is 0.750. The Bertz CT molecular complexity index is 414. The van der Waals surface area contributed by atoms with Crippen LogP contribution in [0.5, 0.6) is 0 Å². The lowest BCUT2D eigenvalue weighted by molar-refractivity contribution is 0.549. The summed E-state index contributed by atoms with van der Waals surface area (Å²) in [6, 6.07) is 0. The van der Waals surface area contributed by atoms with E-state index in [1.165, 1.54) is 0 Å². The van der Waals surface area contributed by atoms with Gasteiger partial charge in [-0.05, 0) is 33.7 Å². The Kier molecular flexibility index (Phi) is 2.98. The fourth-order valence-corrected chi connectivity index (χ4v) is 1.82. The summed E-state index contributed by atoms with van der Waals surface area (Å²) in [5, 5.41) is 28.1. The summed E-state index contributed by atoms with van der Waals surface area (Å²) in [5.74, 6) is 1.59. The Labute approximate surface area is 103 Å². The number of fused-ring (bicyclic) bond motifs is 2. The van der Waals surface area contributed by atoms with Crippen molar-refractivity contribution in [3.8, 4) is 0 Å². The fourth-order valence-electron chi connectivity index (χ4n) is 1.82. The quantitative estimate of drug-likeness (QED) is 0.611. The van der Waals surface area contributed by atoms with E-state index in [1.54, 1.807) is 9.36 Å². The molecule has 0 aromatic carbocycles. The lowest BCUT2D eigenvalue weighted by Crippen LogP contribution is -2.17. The smallest absolute Gasteiger partial charge is 0.242 e. The molecule has 18 heavy (non-hydrogen) atoms. The molecule has 0 amide bonds. The van der Waals surface area contributed by atoms with E-state index in [1.807, 2.05) is 0 Å². The topological polar surface area (TPSA) is 111 Å². The summed E-state index contributed by atoms with van der Waals surface area (Å²) in [6.07, 6.45) is 2.22. The van der Waals surface area contributed by atoms with E-state index in [4.69, 9.17) is 0 Å². The molecule has 4 rings (SSSR count). The summed E-state index contributed by atoms with van der Waals surface area (Å²) in [5.41, 5.74) is 0. The molecule has 0 radical (unpaired) electrons. The van der Waals surface area contributed by atoms with Gasteiger partial charge in [0.05, 0.1) is 0 Å². The maximum absolute atomic E-state index is 3.75. The molecule has 2 aliphatic heterocycles. The molecule has 2 aromatic rings. The normalized spacial score (nSPS) is 16.4. The summed E-state index contributed by atoms with van der Waals surface area (Å²) >= 11 is 0. The van der Waals surface area contributed by atoms with Gasteiger partial charge in [-0.1, -0.05) is 10.2 Å². The molecule has 0 unspecified atom stereocenters. The maximum Gasteiger partial charge on any atom is 0.242 e. The highest BCUT2D eigenvalue weighted by atomic mass is 15.6. The van der Waals surface area contributed by atoms with E-state index in [9.17, 15) is 0 Å². The minimum absolute atomic E-state index is 0.793. The van der Waals surface area contributed by atoms with Crippen LogP contribution in [0.2, 0.25) is 0 Å². The number of hydrogen-bond acceptors (Lipinski definition) is 8. The zero-order valence-electron chi connectivity index (χ0n) is 9.82. The lowest BCUT2D eigenvalue weighted by Gasteiger charge is -2.11. The summed E-state index contributed by atoms with van der Waals surface area (Å²) < 4.78 is 3.53. The van der Waals surface area contributed by atoms with E-state index in [0.717, 1.165) is 50.9 Å². The molecule has 2 N–H and O–H groups in total. The zero-order valence-corrected chi connectivity index (χ0v) is 9.82. The van der Waals surface area contributed by atoms with Gasteiger partial charge in [0, 0.05) is 26.2 Å². The first kappa shape index (κ1) is 10.9. The SMILES string of the molecule is C1CNc2nnnn2C1.C1CNc2nnnn2C1. The summed E-state index contributed by atoms with van der Waals surface area (Å²) in [7, 11) is 0. The molecule has 0 saturated carbocycles. The van der Waals surface area contributed by atoms with E-state index in [2.05, 4.69) is 41.7 Å². The Hall–Kier alpha value is -2.26. The largest absolute Gasteiger partial charge is 0.353 e. The van der Waals surface area contributed by atoms with Crippen molar-refractivity contribution in [1.29, 1.82) is 0 Å². The number of rotatable bonds is 0. The molecule has 0 saturated heterocycles. The molecule has 10 heteroatoms. The van der Waals surface area contributed by atoms with Crippen molar-refractivity contribution in [1.82, 2.24) is 40.4 Å². The molecule has 10 nitrogen and oxygen atoms in total. The highest BCUT2D eigenvalue weighted by Crippen LogP contribution is 2.05. The van der Waals surface area contributed by atoms with Gasteiger partial charge in [0.2, 0.25) is 11.9 Å². The minimum atomic E-state index is 0.793. The molecule has 2 aliphatic rings. The summed E-state index contributed by atoms with van der Waals surface area (Å²) in [6.45, 7) is 3.85. The molecule has 0 spiro atoms. The van der Waals surface area contributed by atoms with Gasteiger partial charge in [0.15, 0.2) is 0 Å². The second-order valence-corrected chi connectivity index (χ2v) is 4.01. The van der Waals surface area contributed by atoms with Crippen LogP contribution in [0, 0.1) is 0 Å². The van der Waals surface area contributed by atoms with Crippen molar-refractivity contribution >= 4 is 11.9 Å². The standard InChI is InChI=1S/2C4H7N5/c2*1-2-5-4-6-7-8-9(4)3-1/h2*1-3H2,(H,5,6,8). The summed E-state index contributed by atoms with van der Waals surface area (Å²) in [4.78, 5) is 0. The monoisotopic (exact) mass is 250 g/mol. The average Bonchev–Trinajstić information content (AvgIpc) is 3.08. The lowest BCUT2D eigenvalue weighted by atomic mass is 10.4. The second kappa shape index (κ2) is 4.94. The number of nitrogens with zero attached hydrogens (tertiary/aromatic N) is 8. The molecule has 0 fully saturated rings.